The van der Waals surface area contributed by atoms with E-state index >= 15 is 0 Å². The topological polar surface area (TPSA) is 36.4 Å². The van der Waals surface area contributed by atoms with Gasteiger partial charge in [-0.2, -0.15) is 0 Å². The number of rotatable bonds is 4. The molecule has 1 aromatic heterocycles. The Labute approximate surface area is 141 Å². The number of carbonyl (C=O) groups excluding carboxylic acids is 1. The van der Waals surface area contributed by atoms with Crippen molar-refractivity contribution in [1.29, 1.82) is 0 Å². The summed E-state index contributed by atoms with van der Waals surface area (Å²) in [6.45, 7) is 8.31. The van der Waals surface area contributed by atoms with Crippen LogP contribution in [0.4, 0.5) is 5.13 Å². The summed E-state index contributed by atoms with van der Waals surface area (Å²) in [6.07, 6.45) is 1.09. The van der Waals surface area contributed by atoms with E-state index in [1.54, 1.807) is 23.2 Å². The molecule has 0 aliphatic carbocycles. The van der Waals surface area contributed by atoms with Crippen molar-refractivity contribution < 1.29 is 4.79 Å². The lowest BCUT2D eigenvalue weighted by atomic mass is 9.95. The van der Waals surface area contributed by atoms with E-state index in [-0.39, 0.29) is 5.91 Å². The highest BCUT2D eigenvalue weighted by Gasteiger charge is 2.23. The van der Waals surface area contributed by atoms with Crippen LogP contribution in [-0.2, 0) is 24.3 Å². The van der Waals surface area contributed by atoms with Crippen molar-refractivity contribution in [2.75, 3.05) is 11.4 Å². The van der Waals surface area contributed by atoms with Gasteiger partial charge in [-0.3, -0.25) is 14.6 Å². The normalized spacial score (nSPS) is 17.8. The van der Waals surface area contributed by atoms with Crippen molar-refractivity contribution in [2.45, 2.75) is 46.3 Å². The van der Waals surface area contributed by atoms with Gasteiger partial charge < -0.3 is 0 Å². The van der Waals surface area contributed by atoms with Gasteiger partial charge in [-0.15, -0.1) is 11.3 Å². The summed E-state index contributed by atoms with van der Waals surface area (Å²) in [4.78, 5) is 20.5. The van der Waals surface area contributed by atoms with E-state index in [1.807, 2.05) is 6.92 Å². The predicted molar refractivity (Wildman–Crippen MR) is 94.7 cm³/mol. The van der Waals surface area contributed by atoms with Crippen molar-refractivity contribution in [3.05, 3.63) is 46.5 Å². The molecule has 2 aromatic rings. The molecule has 4 nitrogen and oxygen atoms in total. The van der Waals surface area contributed by atoms with E-state index in [9.17, 15) is 4.79 Å². The second-order valence-corrected chi connectivity index (χ2v) is 6.95. The molecule has 1 aromatic carbocycles. The van der Waals surface area contributed by atoms with Crippen LogP contribution in [0.3, 0.4) is 0 Å². The molecule has 1 atom stereocenters. The monoisotopic (exact) mass is 329 g/mol. The Balaban J connectivity index is 1.73. The minimum absolute atomic E-state index is 0.0497. The smallest absolute Gasteiger partial charge is 0.225 e. The highest BCUT2D eigenvalue weighted by molar-refractivity contribution is 7.14. The molecular formula is C18H23N3OS. The molecule has 0 saturated heterocycles. The number of hydrogen-bond acceptors (Lipinski definition) is 4. The largest absolute Gasteiger partial charge is 0.290 e. The van der Waals surface area contributed by atoms with Crippen LogP contribution in [0, 0.1) is 0 Å². The average molecular weight is 329 g/mol. The van der Waals surface area contributed by atoms with E-state index in [0.717, 1.165) is 30.3 Å². The maximum Gasteiger partial charge on any atom is 0.225 e. The van der Waals surface area contributed by atoms with E-state index in [1.165, 1.54) is 11.1 Å². The summed E-state index contributed by atoms with van der Waals surface area (Å²) in [5.74, 6) is 0.0497. The molecule has 1 unspecified atom stereocenters. The predicted octanol–water partition coefficient (Wildman–Crippen LogP) is 3.46. The molecule has 1 amide bonds. The molecule has 0 saturated carbocycles. The summed E-state index contributed by atoms with van der Waals surface area (Å²) in [6, 6.07) is 9.19. The molecule has 122 valence electrons. The third-order valence-corrected chi connectivity index (χ3v) is 5.37. The van der Waals surface area contributed by atoms with Gasteiger partial charge in [0, 0.05) is 38.0 Å². The molecule has 0 fully saturated rings. The second kappa shape index (κ2) is 6.81. The lowest BCUT2D eigenvalue weighted by molar-refractivity contribution is -0.116. The van der Waals surface area contributed by atoms with Crippen LogP contribution in [0.15, 0.2) is 29.6 Å². The Morgan fingerprint density at radius 3 is 2.83 bits per heavy atom. The molecule has 2 heterocycles. The number of hydrogen-bond donors (Lipinski definition) is 0. The molecule has 3 rings (SSSR count). The maximum atomic E-state index is 11.6. The second-order valence-electron chi connectivity index (χ2n) is 6.11. The first-order valence-corrected chi connectivity index (χ1v) is 8.99. The lowest BCUT2D eigenvalue weighted by Gasteiger charge is -2.34. The fourth-order valence-corrected chi connectivity index (χ4v) is 4.06. The summed E-state index contributed by atoms with van der Waals surface area (Å²) in [5, 5.41) is 2.88. The minimum Gasteiger partial charge on any atom is -0.290 e. The number of amides is 1. The summed E-state index contributed by atoms with van der Waals surface area (Å²) < 4.78 is 0. The molecule has 0 bridgehead atoms. The first-order chi connectivity index (χ1) is 11.1. The first kappa shape index (κ1) is 16.1. The zero-order valence-electron chi connectivity index (χ0n) is 14.0. The standard InChI is InChI=1S/C18H23N3OS/c1-4-21(14(3)22)18-19-17(12-23-18)11-20-10-16-8-6-5-7-15(16)9-13(20)2/h5-8,12-13H,4,9-11H2,1-3H3. The average Bonchev–Trinajstić information content (AvgIpc) is 2.96. The molecule has 1 aliphatic rings. The quantitative estimate of drug-likeness (QED) is 0.862. The third kappa shape index (κ3) is 3.46. The number of fused-ring (bicyclic) bond motifs is 1. The van der Waals surface area contributed by atoms with Gasteiger partial charge in [-0.1, -0.05) is 24.3 Å². The molecule has 0 radical (unpaired) electrons. The Bertz CT molecular complexity index is 697. The van der Waals surface area contributed by atoms with Gasteiger partial charge in [0.1, 0.15) is 0 Å². The fraction of sp³-hybridized carbons (Fsp3) is 0.444. The van der Waals surface area contributed by atoms with Crippen LogP contribution in [0.25, 0.3) is 0 Å². The van der Waals surface area contributed by atoms with Crippen LogP contribution in [0.1, 0.15) is 37.6 Å². The lowest BCUT2D eigenvalue weighted by Crippen LogP contribution is -2.37. The molecule has 23 heavy (non-hydrogen) atoms. The maximum absolute atomic E-state index is 11.6. The molecule has 5 heteroatoms. The van der Waals surface area contributed by atoms with Crippen molar-refractivity contribution in [2.24, 2.45) is 0 Å². The number of carbonyl (C=O) groups is 1. The molecule has 0 spiro atoms. The SMILES string of the molecule is CCN(C(C)=O)c1nc(CN2Cc3ccccc3CC2C)cs1. The van der Waals surface area contributed by atoms with Crippen molar-refractivity contribution in [3.63, 3.8) is 0 Å². The molecular weight excluding hydrogens is 306 g/mol. The van der Waals surface area contributed by atoms with Crippen molar-refractivity contribution in [1.82, 2.24) is 9.88 Å². The number of benzene rings is 1. The van der Waals surface area contributed by atoms with Crippen LogP contribution in [0.2, 0.25) is 0 Å². The summed E-state index contributed by atoms with van der Waals surface area (Å²) in [7, 11) is 0. The number of nitrogens with zero attached hydrogens (tertiary/aromatic N) is 3. The van der Waals surface area contributed by atoms with E-state index < -0.39 is 0 Å². The minimum atomic E-state index is 0.0497. The van der Waals surface area contributed by atoms with Crippen LogP contribution >= 0.6 is 11.3 Å². The Kier molecular flexibility index (Phi) is 4.78. The number of thiazole rings is 1. The van der Waals surface area contributed by atoms with Crippen molar-refractivity contribution >= 4 is 22.4 Å². The summed E-state index contributed by atoms with van der Waals surface area (Å²) in [5.41, 5.74) is 3.93. The fourth-order valence-electron chi connectivity index (χ4n) is 3.14. The van der Waals surface area contributed by atoms with Gasteiger partial charge in [-0.05, 0) is 31.4 Å². The van der Waals surface area contributed by atoms with E-state index in [0.29, 0.717) is 12.6 Å². The van der Waals surface area contributed by atoms with Crippen LogP contribution in [-0.4, -0.2) is 28.4 Å². The van der Waals surface area contributed by atoms with Crippen molar-refractivity contribution in [3.8, 4) is 0 Å². The summed E-state index contributed by atoms with van der Waals surface area (Å²) >= 11 is 1.55. The van der Waals surface area contributed by atoms with Gasteiger partial charge in [0.15, 0.2) is 5.13 Å². The molecule has 0 N–H and O–H groups in total. The highest BCUT2D eigenvalue weighted by Crippen LogP contribution is 2.26. The van der Waals surface area contributed by atoms with E-state index in [2.05, 4.69) is 46.5 Å². The van der Waals surface area contributed by atoms with Gasteiger partial charge in [-0.25, -0.2) is 4.98 Å². The number of anilines is 1. The zero-order valence-corrected chi connectivity index (χ0v) is 14.8. The van der Waals surface area contributed by atoms with E-state index in [4.69, 9.17) is 0 Å². The van der Waals surface area contributed by atoms with Gasteiger partial charge >= 0.3 is 0 Å². The Morgan fingerprint density at radius 1 is 1.39 bits per heavy atom. The van der Waals surface area contributed by atoms with Gasteiger partial charge in [0.25, 0.3) is 0 Å². The molecule has 1 aliphatic heterocycles. The zero-order chi connectivity index (χ0) is 16.4. The first-order valence-electron chi connectivity index (χ1n) is 8.11. The van der Waals surface area contributed by atoms with Crippen LogP contribution < -0.4 is 4.90 Å². The third-order valence-electron chi connectivity index (χ3n) is 4.46. The van der Waals surface area contributed by atoms with Gasteiger partial charge in [0.05, 0.1) is 5.69 Å². The highest BCUT2D eigenvalue weighted by atomic mass is 32.1. The Hall–Kier alpha value is -1.72. The Morgan fingerprint density at radius 2 is 2.13 bits per heavy atom. The van der Waals surface area contributed by atoms with Crippen LogP contribution in [0.5, 0.6) is 0 Å². The number of aromatic nitrogens is 1. The van der Waals surface area contributed by atoms with Gasteiger partial charge in [0.2, 0.25) is 5.91 Å².